The van der Waals surface area contributed by atoms with E-state index >= 15 is 0 Å². The number of rotatable bonds is 4. The Morgan fingerprint density at radius 1 is 1.53 bits per heavy atom. The molecule has 7 heteroatoms. The number of nitrogens with one attached hydrogen (secondary N) is 1. The number of hydrogen-bond acceptors (Lipinski definition) is 4. The van der Waals surface area contributed by atoms with Gasteiger partial charge in [-0.1, -0.05) is 17.8 Å². The number of benzene rings is 1. The monoisotopic (exact) mass is 253 g/mol. The minimum absolute atomic E-state index is 0.502. The van der Waals surface area contributed by atoms with Crippen molar-refractivity contribution >= 4 is 17.4 Å². The molecule has 0 aliphatic rings. The average molecular weight is 253 g/mol. The van der Waals surface area contributed by atoms with Gasteiger partial charge in [-0.3, -0.25) is 10.1 Å². The van der Waals surface area contributed by atoms with E-state index in [1.807, 2.05) is 0 Å². The second kappa shape index (κ2) is 4.96. The molecular weight excluding hydrogens is 245 g/mol. The quantitative estimate of drug-likeness (QED) is 0.516. The summed E-state index contributed by atoms with van der Waals surface area (Å²) in [6.45, 7) is 0. The number of aromatic amines is 1. The second-order valence-electron chi connectivity index (χ2n) is 3.23. The van der Waals surface area contributed by atoms with E-state index in [9.17, 15) is 14.5 Å². The molecule has 2 aromatic rings. The molecule has 0 bridgehead atoms. The summed E-state index contributed by atoms with van der Waals surface area (Å²) in [7, 11) is 0. The third kappa shape index (κ3) is 2.82. The predicted octanol–water partition coefficient (Wildman–Crippen LogP) is 2.75. The summed E-state index contributed by atoms with van der Waals surface area (Å²) in [6, 6.07) is 3.89. The van der Waals surface area contributed by atoms with Gasteiger partial charge in [0.05, 0.1) is 4.92 Å². The molecule has 1 N–H and O–H groups in total. The average Bonchev–Trinajstić information content (AvgIpc) is 2.78. The van der Waals surface area contributed by atoms with Gasteiger partial charge in [0.15, 0.2) is 5.16 Å². The van der Waals surface area contributed by atoms with Gasteiger partial charge in [0, 0.05) is 24.2 Å². The summed E-state index contributed by atoms with van der Waals surface area (Å²) >= 11 is 1.40. The van der Waals surface area contributed by atoms with E-state index in [-0.39, 0.29) is 0 Å². The van der Waals surface area contributed by atoms with Gasteiger partial charge in [-0.15, -0.1) is 0 Å². The van der Waals surface area contributed by atoms with Crippen molar-refractivity contribution in [2.75, 3.05) is 0 Å². The fourth-order valence-corrected chi connectivity index (χ4v) is 2.04. The topological polar surface area (TPSA) is 71.8 Å². The Labute approximate surface area is 100 Å². The Hall–Kier alpha value is -1.89. The smallest absolute Gasteiger partial charge is 0.304 e. The lowest BCUT2D eigenvalue weighted by molar-refractivity contribution is -0.387. The minimum Gasteiger partial charge on any atom is -0.340 e. The van der Waals surface area contributed by atoms with Crippen molar-refractivity contribution in [1.29, 1.82) is 0 Å². The number of nitro benzene ring substituents is 1. The van der Waals surface area contributed by atoms with E-state index in [0.717, 1.165) is 5.16 Å². The van der Waals surface area contributed by atoms with Crippen LogP contribution in [0, 0.1) is 15.9 Å². The van der Waals surface area contributed by atoms with Gasteiger partial charge in [0.2, 0.25) is 5.82 Å². The van der Waals surface area contributed by atoms with Crippen molar-refractivity contribution in [3.63, 3.8) is 0 Å². The maximum atomic E-state index is 13.3. The zero-order valence-corrected chi connectivity index (χ0v) is 9.41. The molecule has 5 nitrogen and oxygen atoms in total. The zero-order valence-electron chi connectivity index (χ0n) is 8.59. The van der Waals surface area contributed by atoms with Crippen LogP contribution in [0.15, 0.2) is 35.7 Å². The zero-order chi connectivity index (χ0) is 12.3. The molecule has 2 rings (SSSR count). The van der Waals surface area contributed by atoms with Crippen LogP contribution in [0.5, 0.6) is 0 Å². The Morgan fingerprint density at radius 3 is 2.94 bits per heavy atom. The number of hydrogen-bond donors (Lipinski definition) is 1. The SMILES string of the molecule is O=[N+]([O-])c1ccc(CSc2ncc[nH]2)cc1F. The van der Waals surface area contributed by atoms with Crippen LogP contribution in [0.3, 0.4) is 0 Å². The van der Waals surface area contributed by atoms with E-state index in [0.29, 0.717) is 11.3 Å². The highest BCUT2D eigenvalue weighted by Gasteiger charge is 2.13. The number of halogens is 1. The van der Waals surface area contributed by atoms with E-state index in [1.54, 1.807) is 12.4 Å². The molecule has 1 heterocycles. The summed E-state index contributed by atoms with van der Waals surface area (Å²) in [5.74, 6) is -0.310. The molecule has 0 aliphatic carbocycles. The molecule has 0 saturated carbocycles. The summed E-state index contributed by atoms with van der Waals surface area (Å²) in [5, 5.41) is 11.1. The first-order valence-electron chi connectivity index (χ1n) is 4.72. The van der Waals surface area contributed by atoms with Crippen molar-refractivity contribution in [3.8, 4) is 0 Å². The van der Waals surface area contributed by atoms with Crippen LogP contribution in [0.4, 0.5) is 10.1 Å². The third-order valence-electron chi connectivity index (χ3n) is 2.06. The highest BCUT2D eigenvalue weighted by Crippen LogP contribution is 2.23. The third-order valence-corrected chi connectivity index (χ3v) is 3.03. The summed E-state index contributed by atoms with van der Waals surface area (Å²) in [4.78, 5) is 16.6. The van der Waals surface area contributed by atoms with Crippen LogP contribution in [0.25, 0.3) is 0 Å². The maximum Gasteiger partial charge on any atom is 0.304 e. The molecule has 0 spiro atoms. The van der Waals surface area contributed by atoms with Gasteiger partial charge in [0.25, 0.3) is 0 Å². The van der Waals surface area contributed by atoms with Crippen molar-refractivity contribution in [2.45, 2.75) is 10.9 Å². The van der Waals surface area contributed by atoms with Gasteiger partial charge >= 0.3 is 5.69 Å². The molecule has 0 radical (unpaired) electrons. The Kier molecular flexibility index (Phi) is 3.38. The summed E-state index contributed by atoms with van der Waals surface area (Å²) < 4.78 is 13.3. The first kappa shape index (κ1) is 11.6. The molecule has 0 fully saturated rings. The summed E-state index contributed by atoms with van der Waals surface area (Å²) in [5.41, 5.74) is 0.172. The number of H-pyrrole nitrogens is 1. The molecule has 0 amide bonds. The number of nitro groups is 1. The fourth-order valence-electron chi connectivity index (χ4n) is 1.27. The van der Waals surface area contributed by atoms with Crippen LogP contribution in [0.1, 0.15) is 5.56 Å². The molecular formula is C10H8FN3O2S. The van der Waals surface area contributed by atoms with E-state index < -0.39 is 16.4 Å². The highest BCUT2D eigenvalue weighted by molar-refractivity contribution is 7.98. The largest absolute Gasteiger partial charge is 0.340 e. The normalized spacial score (nSPS) is 10.4. The number of imidazole rings is 1. The van der Waals surface area contributed by atoms with Crippen molar-refractivity contribution in [3.05, 3.63) is 52.1 Å². The fraction of sp³-hybridized carbons (Fsp3) is 0.100. The number of thioether (sulfide) groups is 1. The highest BCUT2D eigenvalue weighted by atomic mass is 32.2. The molecule has 0 unspecified atom stereocenters. The predicted molar refractivity (Wildman–Crippen MR) is 61.2 cm³/mol. The lowest BCUT2D eigenvalue weighted by atomic mass is 10.2. The number of nitrogens with zero attached hydrogens (tertiary/aromatic N) is 2. The Morgan fingerprint density at radius 2 is 2.35 bits per heavy atom. The first-order valence-corrected chi connectivity index (χ1v) is 5.70. The molecule has 1 aromatic heterocycles. The minimum atomic E-state index is -0.812. The van der Waals surface area contributed by atoms with Crippen LogP contribution < -0.4 is 0 Å². The van der Waals surface area contributed by atoms with Crippen molar-refractivity contribution < 1.29 is 9.31 Å². The molecule has 0 aliphatic heterocycles. The lowest BCUT2D eigenvalue weighted by Gasteiger charge is -2.00. The lowest BCUT2D eigenvalue weighted by Crippen LogP contribution is -1.93. The van der Waals surface area contributed by atoms with Crippen molar-refractivity contribution in [2.24, 2.45) is 0 Å². The van der Waals surface area contributed by atoms with E-state index in [2.05, 4.69) is 9.97 Å². The molecule has 1 aromatic carbocycles. The van der Waals surface area contributed by atoms with Crippen LogP contribution in [-0.2, 0) is 5.75 Å². The Balaban J connectivity index is 2.07. The van der Waals surface area contributed by atoms with Gasteiger partial charge in [0.1, 0.15) is 0 Å². The van der Waals surface area contributed by atoms with Gasteiger partial charge < -0.3 is 4.98 Å². The van der Waals surface area contributed by atoms with Crippen LogP contribution in [-0.4, -0.2) is 14.9 Å². The van der Waals surface area contributed by atoms with Gasteiger partial charge in [-0.05, 0) is 11.6 Å². The maximum absolute atomic E-state index is 13.3. The number of aromatic nitrogens is 2. The van der Waals surface area contributed by atoms with Gasteiger partial charge in [-0.25, -0.2) is 4.98 Å². The Bertz CT molecular complexity index is 530. The molecule has 88 valence electrons. The molecule has 0 atom stereocenters. The first-order chi connectivity index (χ1) is 8.16. The second-order valence-corrected chi connectivity index (χ2v) is 4.19. The van der Waals surface area contributed by atoms with E-state index in [4.69, 9.17) is 0 Å². The standard InChI is InChI=1S/C10H8FN3O2S/c11-8-5-7(1-2-9(8)14(15)16)6-17-10-12-3-4-13-10/h1-5H,6H2,(H,12,13). The molecule has 0 saturated heterocycles. The van der Waals surface area contributed by atoms with E-state index in [1.165, 1.54) is 30.0 Å². The van der Waals surface area contributed by atoms with Gasteiger partial charge in [-0.2, -0.15) is 4.39 Å². The van der Waals surface area contributed by atoms with Crippen molar-refractivity contribution in [1.82, 2.24) is 9.97 Å². The molecule has 17 heavy (non-hydrogen) atoms. The summed E-state index contributed by atoms with van der Waals surface area (Å²) in [6.07, 6.45) is 3.32. The van der Waals surface area contributed by atoms with Crippen LogP contribution >= 0.6 is 11.8 Å². The van der Waals surface area contributed by atoms with Crippen LogP contribution in [0.2, 0.25) is 0 Å².